The molecule has 0 aliphatic carbocycles. The molecule has 0 aliphatic heterocycles. The molecule has 0 unspecified atom stereocenters. The average Bonchev–Trinajstić information content (AvgIpc) is 2.59. The van der Waals surface area contributed by atoms with E-state index in [1.54, 1.807) is 20.8 Å². The molecule has 1 aromatic rings. The number of hydrogen-bond acceptors (Lipinski definition) is 3. The van der Waals surface area contributed by atoms with Gasteiger partial charge >= 0.3 is 5.97 Å². The van der Waals surface area contributed by atoms with E-state index < -0.39 is 11.4 Å². The summed E-state index contributed by atoms with van der Waals surface area (Å²) < 4.78 is 4.85. The van der Waals surface area contributed by atoms with Crippen LogP contribution in [0.4, 0.5) is 0 Å². The van der Waals surface area contributed by atoms with Gasteiger partial charge < -0.3 is 9.72 Å². The second kappa shape index (κ2) is 4.70. The summed E-state index contributed by atoms with van der Waals surface area (Å²) in [5, 5.41) is 0.425. The van der Waals surface area contributed by atoms with Crippen LogP contribution in [-0.2, 0) is 9.53 Å². The monoisotopic (exact) mass is 243 g/mol. The second-order valence-electron chi connectivity index (χ2n) is 4.48. The maximum Gasteiger partial charge on any atom is 0.355 e. The van der Waals surface area contributed by atoms with Crippen LogP contribution < -0.4 is 0 Å². The third-order valence-electron chi connectivity index (χ3n) is 2.04. The molecule has 5 heteroatoms. The van der Waals surface area contributed by atoms with Crippen LogP contribution in [0, 0.1) is 5.41 Å². The summed E-state index contributed by atoms with van der Waals surface area (Å²) in [7, 11) is 0. The Balaban J connectivity index is 2.51. The normalized spacial score (nSPS) is 11.2. The molecule has 1 rings (SSSR count). The number of nitrogens with one attached hydrogen (secondary N) is 1. The van der Waals surface area contributed by atoms with Crippen molar-refractivity contribution in [3.63, 3.8) is 0 Å². The molecule has 1 heterocycles. The Morgan fingerprint density at radius 2 is 2.06 bits per heavy atom. The number of ketones is 1. The highest BCUT2D eigenvalue weighted by Gasteiger charge is 2.23. The summed E-state index contributed by atoms with van der Waals surface area (Å²) in [6, 6.07) is 1.45. The molecule has 0 saturated carbocycles. The summed E-state index contributed by atoms with van der Waals surface area (Å²) in [5.74, 6) is -0.706. The third kappa shape index (κ3) is 3.38. The molecule has 0 amide bonds. The number of aromatic amines is 1. The number of H-pyrrole nitrogens is 1. The number of Topliss-reactive ketones (excluding diaryl/α,β-unsaturated/α-hetero) is 1. The van der Waals surface area contributed by atoms with E-state index in [-0.39, 0.29) is 18.1 Å². The topological polar surface area (TPSA) is 59.2 Å². The first-order valence-corrected chi connectivity index (χ1v) is 5.23. The summed E-state index contributed by atoms with van der Waals surface area (Å²) >= 11 is 5.63. The van der Waals surface area contributed by atoms with Crippen LogP contribution in [0.3, 0.4) is 0 Å². The molecule has 88 valence electrons. The Labute approximate surface area is 98.9 Å². The summed E-state index contributed by atoms with van der Waals surface area (Å²) in [4.78, 5) is 25.6. The number of hydrogen-bond donors (Lipinski definition) is 1. The highest BCUT2D eigenvalue weighted by molar-refractivity contribution is 6.30. The van der Waals surface area contributed by atoms with Gasteiger partial charge in [0.15, 0.2) is 12.4 Å². The first-order valence-electron chi connectivity index (χ1n) is 4.85. The standard InChI is InChI=1S/C11H14ClNO3/c1-11(2,3)9(14)6-16-10(15)8-4-7(12)5-13-8/h4-5,13H,6H2,1-3H3. The molecule has 0 radical (unpaired) electrons. The Bertz CT molecular complexity index is 404. The zero-order valence-corrected chi connectivity index (χ0v) is 10.2. The molecule has 0 bridgehead atoms. The minimum Gasteiger partial charge on any atom is -0.453 e. The van der Waals surface area contributed by atoms with Gasteiger partial charge in [-0.05, 0) is 6.07 Å². The Morgan fingerprint density at radius 1 is 1.44 bits per heavy atom. The van der Waals surface area contributed by atoms with Crippen LogP contribution >= 0.6 is 11.6 Å². The second-order valence-corrected chi connectivity index (χ2v) is 4.92. The summed E-state index contributed by atoms with van der Waals surface area (Å²) in [6.07, 6.45) is 1.48. The van der Waals surface area contributed by atoms with Gasteiger partial charge in [-0.1, -0.05) is 32.4 Å². The summed E-state index contributed by atoms with van der Waals surface area (Å²) in [5.41, 5.74) is -0.264. The Morgan fingerprint density at radius 3 is 2.50 bits per heavy atom. The van der Waals surface area contributed by atoms with E-state index in [1.165, 1.54) is 12.3 Å². The van der Waals surface area contributed by atoms with Crippen molar-refractivity contribution in [2.45, 2.75) is 20.8 Å². The van der Waals surface area contributed by atoms with Crippen LogP contribution in [-0.4, -0.2) is 23.3 Å². The smallest absolute Gasteiger partial charge is 0.355 e. The SMILES string of the molecule is CC(C)(C)C(=O)COC(=O)c1cc(Cl)c[nH]1. The van der Waals surface area contributed by atoms with Crippen molar-refractivity contribution in [1.29, 1.82) is 0 Å². The quantitative estimate of drug-likeness (QED) is 0.830. The van der Waals surface area contributed by atoms with Crippen molar-refractivity contribution in [3.05, 3.63) is 23.0 Å². The molecular formula is C11H14ClNO3. The largest absolute Gasteiger partial charge is 0.453 e. The molecule has 0 aromatic carbocycles. The van der Waals surface area contributed by atoms with Gasteiger partial charge in [0.1, 0.15) is 5.69 Å². The lowest BCUT2D eigenvalue weighted by molar-refractivity contribution is -0.129. The molecule has 1 N–H and O–H groups in total. The minimum atomic E-state index is -0.579. The lowest BCUT2D eigenvalue weighted by Gasteiger charge is -2.15. The molecule has 0 saturated heterocycles. The van der Waals surface area contributed by atoms with Crippen LogP contribution in [0.25, 0.3) is 0 Å². The lowest BCUT2D eigenvalue weighted by Crippen LogP contribution is -2.26. The van der Waals surface area contributed by atoms with Crippen molar-refractivity contribution < 1.29 is 14.3 Å². The zero-order chi connectivity index (χ0) is 12.3. The molecule has 0 aliphatic rings. The van der Waals surface area contributed by atoms with E-state index in [4.69, 9.17) is 16.3 Å². The van der Waals surface area contributed by atoms with Crippen molar-refractivity contribution in [2.75, 3.05) is 6.61 Å². The fourth-order valence-electron chi connectivity index (χ4n) is 0.911. The first kappa shape index (κ1) is 12.8. The molecule has 1 aromatic heterocycles. The molecule has 0 fully saturated rings. The third-order valence-corrected chi connectivity index (χ3v) is 2.26. The van der Waals surface area contributed by atoms with E-state index in [0.29, 0.717) is 5.02 Å². The molecule has 4 nitrogen and oxygen atoms in total. The Hall–Kier alpha value is -1.29. The molecule has 16 heavy (non-hydrogen) atoms. The van der Waals surface area contributed by atoms with E-state index in [0.717, 1.165) is 0 Å². The number of ether oxygens (including phenoxy) is 1. The zero-order valence-electron chi connectivity index (χ0n) is 9.46. The molecular weight excluding hydrogens is 230 g/mol. The van der Waals surface area contributed by atoms with Crippen molar-refractivity contribution >= 4 is 23.4 Å². The van der Waals surface area contributed by atoms with Gasteiger partial charge in [-0.25, -0.2) is 4.79 Å². The van der Waals surface area contributed by atoms with Gasteiger partial charge in [0, 0.05) is 11.6 Å². The van der Waals surface area contributed by atoms with Gasteiger partial charge in [0.2, 0.25) is 0 Å². The van der Waals surface area contributed by atoms with Gasteiger partial charge in [0.25, 0.3) is 0 Å². The Kier molecular flexibility index (Phi) is 3.75. The van der Waals surface area contributed by atoms with Gasteiger partial charge in [-0.2, -0.15) is 0 Å². The predicted molar refractivity (Wildman–Crippen MR) is 60.5 cm³/mol. The van der Waals surface area contributed by atoms with E-state index in [2.05, 4.69) is 4.98 Å². The maximum atomic E-state index is 11.5. The van der Waals surface area contributed by atoms with E-state index >= 15 is 0 Å². The molecule has 0 atom stereocenters. The van der Waals surface area contributed by atoms with Crippen LogP contribution in [0.15, 0.2) is 12.3 Å². The fraction of sp³-hybridized carbons (Fsp3) is 0.455. The van der Waals surface area contributed by atoms with E-state index in [9.17, 15) is 9.59 Å². The highest BCUT2D eigenvalue weighted by Crippen LogP contribution is 2.15. The lowest BCUT2D eigenvalue weighted by atomic mass is 9.91. The number of carbonyl (C=O) groups excluding carboxylic acids is 2. The predicted octanol–water partition coefficient (Wildman–Crippen LogP) is 2.44. The number of aromatic nitrogens is 1. The highest BCUT2D eigenvalue weighted by atomic mass is 35.5. The number of rotatable bonds is 3. The van der Waals surface area contributed by atoms with Gasteiger partial charge in [0.05, 0.1) is 5.02 Å². The maximum absolute atomic E-state index is 11.5. The minimum absolute atomic E-state index is 0.126. The fourth-order valence-corrected chi connectivity index (χ4v) is 1.07. The van der Waals surface area contributed by atoms with Crippen LogP contribution in [0.2, 0.25) is 5.02 Å². The van der Waals surface area contributed by atoms with E-state index in [1.807, 2.05) is 0 Å². The average molecular weight is 244 g/mol. The van der Waals surface area contributed by atoms with Crippen molar-refractivity contribution in [2.24, 2.45) is 5.41 Å². The van der Waals surface area contributed by atoms with Gasteiger partial charge in [-0.3, -0.25) is 4.79 Å². The first-order chi connectivity index (χ1) is 7.30. The van der Waals surface area contributed by atoms with Crippen LogP contribution in [0.5, 0.6) is 0 Å². The van der Waals surface area contributed by atoms with Gasteiger partial charge in [-0.15, -0.1) is 0 Å². The number of halogens is 1. The molecule has 0 spiro atoms. The number of carbonyl (C=O) groups is 2. The summed E-state index contributed by atoms with van der Waals surface area (Å²) in [6.45, 7) is 5.09. The van der Waals surface area contributed by atoms with Crippen LogP contribution in [0.1, 0.15) is 31.3 Å². The number of esters is 1. The van der Waals surface area contributed by atoms with Crippen molar-refractivity contribution in [3.8, 4) is 0 Å². The van der Waals surface area contributed by atoms with Crippen molar-refractivity contribution in [1.82, 2.24) is 4.98 Å².